The minimum Gasteiger partial charge on any atom is -0.365 e. The fraction of sp³-hybridized carbons (Fsp3) is 0.467. The fourth-order valence-corrected chi connectivity index (χ4v) is 4.25. The summed E-state index contributed by atoms with van der Waals surface area (Å²) < 4.78 is 6.28. The first kappa shape index (κ1) is 9.72. The van der Waals surface area contributed by atoms with Crippen LogP contribution >= 0.6 is 0 Å². The molecule has 2 heterocycles. The van der Waals surface area contributed by atoms with Crippen LogP contribution in [-0.4, -0.2) is 19.2 Å². The highest BCUT2D eigenvalue weighted by Crippen LogP contribution is 2.64. The Bertz CT molecular complexity index is 535. The first-order chi connectivity index (χ1) is 8.22. The van der Waals surface area contributed by atoms with Crippen LogP contribution in [0.1, 0.15) is 25.3 Å². The van der Waals surface area contributed by atoms with Crippen molar-refractivity contribution in [2.45, 2.75) is 30.9 Å². The molecule has 0 spiro atoms. The van der Waals surface area contributed by atoms with Gasteiger partial charge in [-0.2, -0.15) is 0 Å². The van der Waals surface area contributed by atoms with Crippen molar-refractivity contribution in [2.75, 3.05) is 18.6 Å². The maximum absolute atomic E-state index is 6.28. The molecule has 3 aliphatic rings. The first-order valence-electron chi connectivity index (χ1n) is 6.37. The van der Waals surface area contributed by atoms with Crippen LogP contribution < -0.4 is 4.90 Å². The molecular weight excluding hydrogens is 210 g/mol. The molecule has 88 valence electrons. The van der Waals surface area contributed by atoms with Gasteiger partial charge in [0, 0.05) is 18.3 Å². The van der Waals surface area contributed by atoms with E-state index in [1.807, 2.05) is 0 Å². The Morgan fingerprint density at radius 3 is 3.00 bits per heavy atom. The van der Waals surface area contributed by atoms with Gasteiger partial charge in [-0.3, -0.25) is 0 Å². The van der Waals surface area contributed by atoms with Gasteiger partial charge in [0.1, 0.15) is 5.60 Å². The number of para-hydroxylation sites is 1. The van der Waals surface area contributed by atoms with Gasteiger partial charge >= 0.3 is 0 Å². The standard InChI is InChI=1S/C15H17NO/c1-11-7-8-14-9-10-17-15(11,14)12-5-3-4-6-13(12)16(14)2/h3-7H,8-10H2,1-2H3. The Balaban J connectivity index is 2.08. The molecule has 1 aromatic carbocycles. The predicted molar refractivity (Wildman–Crippen MR) is 68.2 cm³/mol. The van der Waals surface area contributed by atoms with Crippen LogP contribution in [-0.2, 0) is 10.3 Å². The molecule has 1 fully saturated rings. The highest BCUT2D eigenvalue weighted by atomic mass is 16.5. The molecule has 4 rings (SSSR count). The lowest BCUT2D eigenvalue weighted by Gasteiger charge is -2.39. The number of hydrogen-bond donors (Lipinski definition) is 0. The molecule has 1 aromatic rings. The van der Waals surface area contributed by atoms with Gasteiger partial charge in [0.15, 0.2) is 0 Å². The predicted octanol–water partition coefficient (Wildman–Crippen LogP) is 2.84. The molecule has 2 aliphatic heterocycles. The van der Waals surface area contributed by atoms with E-state index in [9.17, 15) is 0 Å². The van der Waals surface area contributed by atoms with Crippen LogP contribution in [0.25, 0.3) is 0 Å². The highest BCUT2D eigenvalue weighted by Gasteiger charge is 2.67. The normalized spacial score (nSPS) is 37.8. The highest BCUT2D eigenvalue weighted by molar-refractivity contribution is 5.70. The second-order valence-electron chi connectivity index (χ2n) is 5.48. The number of anilines is 1. The molecule has 17 heavy (non-hydrogen) atoms. The monoisotopic (exact) mass is 227 g/mol. The van der Waals surface area contributed by atoms with Crippen molar-refractivity contribution in [2.24, 2.45) is 0 Å². The zero-order valence-corrected chi connectivity index (χ0v) is 10.4. The Hall–Kier alpha value is -1.28. The topological polar surface area (TPSA) is 12.5 Å². The second-order valence-corrected chi connectivity index (χ2v) is 5.48. The van der Waals surface area contributed by atoms with Gasteiger partial charge in [0.25, 0.3) is 0 Å². The maximum Gasteiger partial charge on any atom is 0.139 e. The third-order valence-electron chi connectivity index (χ3n) is 5.08. The zero-order valence-electron chi connectivity index (χ0n) is 10.4. The average Bonchev–Trinajstić information content (AvgIpc) is 2.92. The molecular formula is C15H17NO. The Kier molecular flexibility index (Phi) is 1.57. The van der Waals surface area contributed by atoms with Crippen LogP contribution in [0.2, 0.25) is 0 Å². The van der Waals surface area contributed by atoms with Gasteiger partial charge in [-0.15, -0.1) is 0 Å². The second kappa shape index (κ2) is 2.75. The molecule has 0 aromatic heterocycles. The maximum atomic E-state index is 6.28. The molecule has 2 unspecified atom stereocenters. The number of hydrogen-bond acceptors (Lipinski definition) is 2. The Labute approximate surface area is 102 Å². The number of fused-ring (bicyclic) bond motifs is 1. The summed E-state index contributed by atoms with van der Waals surface area (Å²) in [4.78, 5) is 2.46. The van der Waals surface area contributed by atoms with E-state index < -0.39 is 0 Å². The van der Waals surface area contributed by atoms with Crippen molar-refractivity contribution in [3.63, 3.8) is 0 Å². The molecule has 0 saturated carbocycles. The number of ether oxygens (including phenoxy) is 1. The van der Waals surface area contributed by atoms with Crippen molar-refractivity contribution in [3.05, 3.63) is 41.5 Å². The van der Waals surface area contributed by atoms with Crippen LogP contribution in [0.5, 0.6) is 0 Å². The van der Waals surface area contributed by atoms with Crippen LogP contribution in [0.3, 0.4) is 0 Å². The van der Waals surface area contributed by atoms with Crippen molar-refractivity contribution in [1.82, 2.24) is 0 Å². The van der Waals surface area contributed by atoms with Gasteiger partial charge in [-0.25, -0.2) is 0 Å². The Morgan fingerprint density at radius 2 is 2.12 bits per heavy atom. The summed E-state index contributed by atoms with van der Waals surface area (Å²) in [6, 6.07) is 8.71. The third-order valence-corrected chi connectivity index (χ3v) is 5.08. The van der Waals surface area contributed by atoms with Crippen LogP contribution in [0.4, 0.5) is 5.69 Å². The summed E-state index contributed by atoms with van der Waals surface area (Å²) >= 11 is 0. The van der Waals surface area contributed by atoms with Gasteiger partial charge in [-0.1, -0.05) is 24.3 Å². The van der Waals surface area contributed by atoms with Crippen LogP contribution in [0.15, 0.2) is 35.9 Å². The van der Waals surface area contributed by atoms with E-state index in [1.54, 1.807) is 0 Å². The lowest BCUT2D eigenvalue weighted by molar-refractivity contribution is 0.0130. The van der Waals surface area contributed by atoms with Gasteiger partial charge < -0.3 is 9.64 Å². The van der Waals surface area contributed by atoms with Crippen molar-refractivity contribution >= 4 is 5.69 Å². The van der Waals surface area contributed by atoms with Gasteiger partial charge in [-0.05, 0) is 31.4 Å². The zero-order chi connectivity index (χ0) is 11.7. The molecule has 2 atom stereocenters. The van der Waals surface area contributed by atoms with E-state index in [0.29, 0.717) is 0 Å². The molecule has 2 nitrogen and oxygen atoms in total. The molecule has 0 N–H and O–H groups in total. The summed E-state index contributed by atoms with van der Waals surface area (Å²) in [6.45, 7) is 3.10. The van der Waals surface area contributed by atoms with E-state index in [2.05, 4.69) is 49.2 Å². The van der Waals surface area contributed by atoms with Crippen molar-refractivity contribution in [3.8, 4) is 0 Å². The summed E-state index contributed by atoms with van der Waals surface area (Å²) in [7, 11) is 2.22. The van der Waals surface area contributed by atoms with E-state index in [4.69, 9.17) is 4.74 Å². The fourth-order valence-electron chi connectivity index (χ4n) is 4.25. The Morgan fingerprint density at radius 1 is 1.29 bits per heavy atom. The average molecular weight is 227 g/mol. The molecule has 1 saturated heterocycles. The number of nitrogens with zero attached hydrogens (tertiary/aromatic N) is 1. The minimum atomic E-state index is -0.154. The summed E-state index contributed by atoms with van der Waals surface area (Å²) in [5.74, 6) is 0. The molecule has 1 aliphatic carbocycles. The number of rotatable bonds is 0. The lowest BCUT2D eigenvalue weighted by Crippen LogP contribution is -2.51. The third kappa shape index (κ3) is 0.795. The van der Waals surface area contributed by atoms with E-state index in [-0.39, 0.29) is 11.1 Å². The molecule has 0 bridgehead atoms. The van der Waals surface area contributed by atoms with Crippen molar-refractivity contribution < 1.29 is 4.74 Å². The van der Waals surface area contributed by atoms with Gasteiger partial charge in [0.05, 0.1) is 12.1 Å². The smallest absolute Gasteiger partial charge is 0.139 e. The SMILES string of the molecule is CC1=CCC23CCOC12c1ccccc1N3C. The largest absolute Gasteiger partial charge is 0.365 e. The summed E-state index contributed by atoms with van der Waals surface area (Å²) in [5, 5.41) is 0. The summed E-state index contributed by atoms with van der Waals surface area (Å²) in [6.07, 6.45) is 4.61. The molecule has 0 amide bonds. The minimum absolute atomic E-state index is 0.154. The number of benzene rings is 1. The quantitative estimate of drug-likeness (QED) is 0.632. The van der Waals surface area contributed by atoms with Crippen molar-refractivity contribution in [1.29, 1.82) is 0 Å². The van der Waals surface area contributed by atoms with E-state index in [0.717, 1.165) is 19.4 Å². The molecule has 0 radical (unpaired) electrons. The van der Waals surface area contributed by atoms with Crippen LogP contribution in [0, 0.1) is 0 Å². The molecule has 2 heteroatoms. The number of likely N-dealkylation sites (N-methyl/N-ethyl adjacent to an activating group) is 1. The first-order valence-corrected chi connectivity index (χ1v) is 6.37. The van der Waals surface area contributed by atoms with E-state index >= 15 is 0 Å². The van der Waals surface area contributed by atoms with E-state index in [1.165, 1.54) is 16.8 Å². The van der Waals surface area contributed by atoms with Gasteiger partial charge in [0.2, 0.25) is 0 Å². The lowest BCUT2D eigenvalue weighted by atomic mass is 9.77. The summed E-state index contributed by atoms with van der Waals surface area (Å²) in [5.41, 5.74) is 4.11.